The van der Waals surface area contributed by atoms with Crippen LogP contribution in [0.4, 0.5) is 0 Å². The minimum atomic E-state index is -0.602. The van der Waals surface area contributed by atoms with E-state index in [1.165, 1.54) is 0 Å². The molecule has 2 nitrogen and oxygen atoms in total. The van der Waals surface area contributed by atoms with E-state index in [-0.39, 0.29) is 6.15 Å². The Kier molecular flexibility index (Phi) is 4.67. The van der Waals surface area contributed by atoms with Gasteiger partial charge in [-0.3, -0.25) is 0 Å². The van der Waals surface area contributed by atoms with Gasteiger partial charge in [0, 0.05) is 0 Å². The van der Waals surface area contributed by atoms with Crippen LogP contribution in [0.3, 0.4) is 0 Å². The van der Waals surface area contributed by atoms with Crippen molar-refractivity contribution in [1.29, 1.82) is 0 Å². The molecule has 0 unspecified atom stereocenters. The first kappa shape index (κ1) is 4.85. The molecule has 0 aromatic carbocycles. The average molecular weight is 191 g/mol. The first-order chi connectivity index (χ1) is 1.91. The molecule has 0 bridgehead atoms. The normalized spacial score (nSPS) is 8.25. The maximum absolute atomic E-state index is 9.20. The molecule has 24 valence electrons. The Labute approximate surface area is 35.7 Å². The van der Waals surface area contributed by atoms with Gasteiger partial charge in [0.1, 0.15) is 0 Å². The zero-order valence-electron chi connectivity index (χ0n) is 1.84. The summed E-state index contributed by atoms with van der Waals surface area (Å²) in [5.41, 5.74) is 0. The van der Waals surface area contributed by atoms with Gasteiger partial charge in [0.2, 0.25) is 0 Å². The molecule has 0 radical (unpaired) electrons. The zero-order chi connectivity index (χ0) is 3.41. The fraction of sp³-hybridized carbons (Fsp3) is 0. The number of nitrogens with two attached hydrogens (primary N) is 1. The van der Waals surface area contributed by atoms with E-state index in [0.717, 1.165) is 0 Å². The number of hydrogen-bond acceptors (Lipinski definition) is 2. The Bertz CT molecular complexity index is 22.0. The van der Waals surface area contributed by atoms with Gasteiger partial charge in [-0.2, -0.15) is 0 Å². The molecular weight excluding hydrogens is 189 g/mol. The van der Waals surface area contributed by atoms with Crippen molar-refractivity contribution in [2.75, 3.05) is 0 Å². The Morgan fingerprint density at radius 3 is 2.25 bits per heavy atom. The third-order valence-corrected chi connectivity index (χ3v) is 0.866. The van der Waals surface area contributed by atoms with Gasteiger partial charge in [-0.15, -0.1) is 0 Å². The number of rotatable bonds is 1. The SMILES string of the molecule is N[Te]P=O. The maximum atomic E-state index is 9.20. The molecule has 4 heteroatoms. The van der Waals surface area contributed by atoms with Crippen LogP contribution in [-0.2, 0) is 4.57 Å². The molecule has 0 aliphatic carbocycles. The standard InChI is InChI=1S/H2NOPTe/c1-4-3-2/h1H2. The molecule has 0 fully saturated rings. The van der Waals surface area contributed by atoms with Crippen LogP contribution >= 0.6 is 6.15 Å². The summed E-state index contributed by atoms with van der Waals surface area (Å²) >= 11 is -0.602. The molecule has 4 heavy (non-hydrogen) atoms. The molecule has 0 saturated carbocycles. The summed E-state index contributed by atoms with van der Waals surface area (Å²) < 4.78 is 14.0. The summed E-state index contributed by atoms with van der Waals surface area (Å²) in [5, 5.41) is 0. The minimum absolute atomic E-state index is 0.156. The van der Waals surface area contributed by atoms with Crippen LogP contribution in [0.2, 0.25) is 0 Å². The van der Waals surface area contributed by atoms with Crippen molar-refractivity contribution in [3.63, 3.8) is 0 Å². The van der Waals surface area contributed by atoms with E-state index in [2.05, 4.69) is 0 Å². The molecule has 0 aliphatic heterocycles. The van der Waals surface area contributed by atoms with E-state index >= 15 is 0 Å². The first-order valence-electron chi connectivity index (χ1n) is 0.601. The number of hydrogen-bond donors (Lipinski definition) is 1. The van der Waals surface area contributed by atoms with E-state index in [1.54, 1.807) is 0 Å². The topological polar surface area (TPSA) is 43.1 Å². The average Bonchev–Trinajstić information content (AvgIpc) is 1.37. The van der Waals surface area contributed by atoms with Crippen LogP contribution in [-0.4, -0.2) is 20.6 Å². The molecule has 0 atom stereocenters. The molecular formula is H2NOPTe. The van der Waals surface area contributed by atoms with Gasteiger partial charge in [0.25, 0.3) is 0 Å². The predicted molar refractivity (Wildman–Crippen MR) is 17.5 cm³/mol. The molecule has 0 rings (SSSR count). The second-order valence-electron chi connectivity index (χ2n) is 0.180. The molecule has 0 heterocycles. The van der Waals surface area contributed by atoms with Crippen molar-refractivity contribution >= 4 is 26.8 Å². The van der Waals surface area contributed by atoms with Gasteiger partial charge in [0.05, 0.1) is 0 Å². The van der Waals surface area contributed by atoms with Gasteiger partial charge < -0.3 is 0 Å². The zero-order valence-corrected chi connectivity index (χ0v) is 5.07. The van der Waals surface area contributed by atoms with Gasteiger partial charge in [-0.1, -0.05) is 0 Å². The molecule has 0 aliphatic rings. The van der Waals surface area contributed by atoms with Crippen LogP contribution in [0, 0.1) is 0 Å². The molecule has 0 saturated heterocycles. The van der Waals surface area contributed by atoms with E-state index in [0.29, 0.717) is 0 Å². The van der Waals surface area contributed by atoms with Crippen molar-refractivity contribution in [1.82, 2.24) is 0 Å². The van der Waals surface area contributed by atoms with Crippen LogP contribution in [0.15, 0.2) is 0 Å². The molecule has 2 N–H and O–H groups in total. The summed E-state index contributed by atoms with van der Waals surface area (Å²) in [5.74, 6) is 0. The van der Waals surface area contributed by atoms with Crippen molar-refractivity contribution in [3.05, 3.63) is 0 Å². The van der Waals surface area contributed by atoms with E-state index in [9.17, 15) is 4.57 Å². The summed E-state index contributed by atoms with van der Waals surface area (Å²) in [4.78, 5) is 0. The monoisotopic (exact) mass is 193 g/mol. The fourth-order valence-corrected chi connectivity index (χ4v) is 0. The molecule has 0 aromatic rings. The predicted octanol–water partition coefficient (Wildman–Crippen LogP) is -0.229. The Hall–Kier alpha value is 0.850. The van der Waals surface area contributed by atoms with Crippen molar-refractivity contribution in [3.8, 4) is 0 Å². The summed E-state index contributed by atoms with van der Waals surface area (Å²) in [6.07, 6.45) is 0.156. The second kappa shape index (κ2) is 3.85. The van der Waals surface area contributed by atoms with E-state index in [1.807, 2.05) is 0 Å². The molecule has 0 aromatic heterocycles. The van der Waals surface area contributed by atoms with Crippen molar-refractivity contribution in [2.24, 2.45) is 3.98 Å². The second-order valence-corrected chi connectivity index (χ2v) is 3.62. The first-order valence-corrected chi connectivity index (χ1v) is 5.80. The summed E-state index contributed by atoms with van der Waals surface area (Å²) in [6.45, 7) is 0. The van der Waals surface area contributed by atoms with E-state index < -0.39 is 20.6 Å². The quantitative estimate of drug-likeness (QED) is 0.459. The van der Waals surface area contributed by atoms with Crippen LogP contribution in [0.5, 0.6) is 0 Å². The van der Waals surface area contributed by atoms with E-state index in [4.69, 9.17) is 3.98 Å². The Morgan fingerprint density at radius 2 is 2.25 bits per heavy atom. The Balaban J connectivity index is 2.30. The Morgan fingerprint density at radius 1 is 2.00 bits per heavy atom. The molecule has 0 amide bonds. The fourth-order valence-electron chi connectivity index (χ4n) is 0. The van der Waals surface area contributed by atoms with Gasteiger partial charge in [-0.25, -0.2) is 0 Å². The molecule has 0 spiro atoms. The third kappa shape index (κ3) is 2.85. The van der Waals surface area contributed by atoms with Gasteiger partial charge >= 0.3 is 35.3 Å². The van der Waals surface area contributed by atoms with Crippen LogP contribution < -0.4 is 3.98 Å². The third-order valence-electron chi connectivity index (χ3n) is 0.0430. The summed E-state index contributed by atoms with van der Waals surface area (Å²) in [7, 11) is 0. The van der Waals surface area contributed by atoms with Crippen LogP contribution in [0.25, 0.3) is 0 Å². The van der Waals surface area contributed by atoms with Gasteiger partial charge in [-0.05, 0) is 0 Å². The van der Waals surface area contributed by atoms with Crippen molar-refractivity contribution in [2.45, 2.75) is 0 Å². The summed E-state index contributed by atoms with van der Waals surface area (Å²) in [6, 6.07) is 0. The van der Waals surface area contributed by atoms with Crippen molar-refractivity contribution < 1.29 is 4.57 Å². The van der Waals surface area contributed by atoms with Crippen LogP contribution in [0.1, 0.15) is 0 Å². The van der Waals surface area contributed by atoms with Gasteiger partial charge in [0.15, 0.2) is 0 Å².